The maximum absolute atomic E-state index is 12.3. The van der Waals surface area contributed by atoms with Gasteiger partial charge in [0.05, 0.1) is 19.3 Å². The summed E-state index contributed by atoms with van der Waals surface area (Å²) >= 11 is 0. The van der Waals surface area contributed by atoms with E-state index in [0.717, 1.165) is 10.5 Å². The summed E-state index contributed by atoms with van der Waals surface area (Å²) in [6.45, 7) is 0.498. The molecule has 1 aromatic carbocycles. The Morgan fingerprint density at radius 3 is 2.50 bits per heavy atom. The van der Waals surface area contributed by atoms with Crippen molar-refractivity contribution in [3.63, 3.8) is 0 Å². The van der Waals surface area contributed by atoms with E-state index in [9.17, 15) is 18.3 Å². The van der Waals surface area contributed by atoms with Gasteiger partial charge in [0.1, 0.15) is 0 Å². The van der Waals surface area contributed by atoms with Gasteiger partial charge in [-0.3, -0.25) is 4.90 Å². The van der Waals surface area contributed by atoms with Crippen LogP contribution < -0.4 is 0 Å². The highest BCUT2D eigenvalue weighted by atomic mass is 19.4. The van der Waals surface area contributed by atoms with Crippen LogP contribution in [0.1, 0.15) is 23.7 Å². The maximum Gasteiger partial charge on any atom is 0.401 e. The molecule has 2 N–H and O–H groups in total. The molecule has 1 unspecified atom stereocenters. The predicted molar refractivity (Wildman–Crippen MR) is 70.3 cm³/mol. The van der Waals surface area contributed by atoms with Gasteiger partial charge in [0, 0.05) is 13.1 Å². The van der Waals surface area contributed by atoms with Crippen LogP contribution in [0.2, 0.25) is 0 Å². The molecule has 1 atom stereocenters. The van der Waals surface area contributed by atoms with Crippen molar-refractivity contribution < 1.29 is 23.4 Å². The van der Waals surface area contributed by atoms with E-state index < -0.39 is 18.8 Å². The number of aryl methyl sites for hydroxylation is 1. The van der Waals surface area contributed by atoms with Crippen LogP contribution in [0.3, 0.4) is 0 Å². The molecule has 0 aromatic heterocycles. The Hall–Kier alpha value is -1.11. The van der Waals surface area contributed by atoms with Crippen LogP contribution >= 0.6 is 0 Å². The van der Waals surface area contributed by atoms with E-state index in [1.54, 1.807) is 12.1 Å². The molecule has 20 heavy (non-hydrogen) atoms. The average molecular weight is 291 g/mol. The van der Waals surface area contributed by atoms with Crippen molar-refractivity contribution in [1.29, 1.82) is 0 Å². The van der Waals surface area contributed by atoms with Gasteiger partial charge in [0.2, 0.25) is 0 Å². The number of aliphatic hydroxyl groups excluding tert-OH is 2. The summed E-state index contributed by atoms with van der Waals surface area (Å²) in [4.78, 5) is 1.10. The van der Waals surface area contributed by atoms with E-state index in [1.807, 2.05) is 19.1 Å². The Labute approximate surface area is 116 Å². The zero-order chi connectivity index (χ0) is 15.2. The van der Waals surface area contributed by atoms with Crippen LogP contribution in [-0.2, 0) is 0 Å². The molecule has 0 saturated heterocycles. The molecule has 0 aliphatic carbocycles. The first-order chi connectivity index (χ1) is 9.31. The lowest BCUT2D eigenvalue weighted by atomic mass is 10.0. The molecule has 114 valence electrons. The molecule has 0 spiro atoms. The standard InChI is InChI=1S/C14H20F3NO2/c1-11-3-2-4-12(9-11)13(20)5-6-18(7-8-19)10-14(15,16)17/h2-4,9,13,19-20H,5-8,10H2,1H3. The van der Waals surface area contributed by atoms with E-state index in [2.05, 4.69) is 0 Å². The van der Waals surface area contributed by atoms with E-state index in [1.165, 1.54) is 0 Å². The minimum Gasteiger partial charge on any atom is -0.395 e. The largest absolute Gasteiger partial charge is 0.401 e. The zero-order valence-corrected chi connectivity index (χ0v) is 11.4. The molecule has 0 saturated carbocycles. The SMILES string of the molecule is Cc1cccc(C(O)CCN(CCO)CC(F)(F)F)c1. The fourth-order valence-corrected chi connectivity index (χ4v) is 2.01. The lowest BCUT2D eigenvalue weighted by Crippen LogP contribution is -2.37. The van der Waals surface area contributed by atoms with Crippen molar-refractivity contribution in [2.24, 2.45) is 0 Å². The van der Waals surface area contributed by atoms with Crippen LogP contribution in [0.5, 0.6) is 0 Å². The van der Waals surface area contributed by atoms with Gasteiger partial charge in [0.15, 0.2) is 0 Å². The summed E-state index contributed by atoms with van der Waals surface area (Å²) in [6.07, 6.45) is -4.91. The molecular weight excluding hydrogens is 271 g/mol. The molecule has 0 fully saturated rings. The van der Waals surface area contributed by atoms with E-state index in [4.69, 9.17) is 5.11 Å². The highest BCUT2D eigenvalue weighted by Gasteiger charge is 2.30. The number of alkyl halides is 3. The number of hydrogen-bond donors (Lipinski definition) is 2. The van der Waals surface area contributed by atoms with E-state index >= 15 is 0 Å². The topological polar surface area (TPSA) is 43.7 Å². The molecule has 0 aliphatic rings. The fourth-order valence-electron chi connectivity index (χ4n) is 2.01. The second kappa shape index (κ2) is 7.61. The summed E-state index contributed by atoms with van der Waals surface area (Å²) in [5.74, 6) is 0. The van der Waals surface area contributed by atoms with Crippen LogP contribution in [0.15, 0.2) is 24.3 Å². The number of hydrogen-bond acceptors (Lipinski definition) is 3. The van der Waals surface area contributed by atoms with Crippen molar-refractivity contribution in [1.82, 2.24) is 4.90 Å². The second-order valence-corrected chi connectivity index (χ2v) is 4.83. The Bertz CT molecular complexity index is 410. The normalized spacial score (nSPS) is 13.8. The van der Waals surface area contributed by atoms with Gasteiger partial charge in [-0.05, 0) is 18.9 Å². The molecule has 1 aromatic rings. The third-order valence-electron chi connectivity index (χ3n) is 2.96. The molecule has 0 amide bonds. The van der Waals surface area contributed by atoms with Crippen molar-refractivity contribution >= 4 is 0 Å². The summed E-state index contributed by atoms with van der Waals surface area (Å²) < 4.78 is 37.0. The zero-order valence-electron chi connectivity index (χ0n) is 11.4. The van der Waals surface area contributed by atoms with Gasteiger partial charge in [-0.15, -0.1) is 0 Å². The minimum atomic E-state index is -4.30. The van der Waals surface area contributed by atoms with Gasteiger partial charge in [-0.1, -0.05) is 29.8 Å². The highest BCUT2D eigenvalue weighted by Crippen LogP contribution is 2.20. The first-order valence-corrected chi connectivity index (χ1v) is 6.46. The summed E-state index contributed by atoms with van der Waals surface area (Å²) in [6, 6.07) is 7.25. The number of nitrogens with zero attached hydrogens (tertiary/aromatic N) is 1. The maximum atomic E-state index is 12.3. The van der Waals surface area contributed by atoms with Gasteiger partial charge < -0.3 is 10.2 Å². The quantitative estimate of drug-likeness (QED) is 0.810. The minimum absolute atomic E-state index is 0.0555. The number of benzene rings is 1. The Morgan fingerprint density at radius 1 is 1.25 bits per heavy atom. The van der Waals surface area contributed by atoms with E-state index in [0.29, 0.717) is 5.56 Å². The summed E-state index contributed by atoms with van der Waals surface area (Å²) in [7, 11) is 0. The van der Waals surface area contributed by atoms with Gasteiger partial charge in [0.25, 0.3) is 0 Å². The number of halogens is 3. The molecule has 6 heteroatoms. The molecule has 1 rings (SSSR count). The molecular formula is C14H20F3NO2. The average Bonchev–Trinajstić information content (AvgIpc) is 2.34. The lowest BCUT2D eigenvalue weighted by molar-refractivity contribution is -0.147. The molecule has 0 heterocycles. The Kier molecular flexibility index (Phi) is 6.45. The van der Waals surface area contributed by atoms with Gasteiger partial charge in [-0.25, -0.2) is 0 Å². The first-order valence-electron chi connectivity index (χ1n) is 6.46. The van der Waals surface area contributed by atoms with Gasteiger partial charge >= 0.3 is 6.18 Å². The second-order valence-electron chi connectivity index (χ2n) is 4.83. The smallest absolute Gasteiger partial charge is 0.395 e. The van der Waals surface area contributed by atoms with Crippen LogP contribution in [0.4, 0.5) is 13.2 Å². The fraction of sp³-hybridized carbons (Fsp3) is 0.571. The summed E-state index contributed by atoms with van der Waals surface area (Å²) in [5.41, 5.74) is 1.69. The number of rotatable bonds is 7. The molecule has 0 radical (unpaired) electrons. The van der Waals surface area contributed by atoms with Crippen molar-refractivity contribution in [2.75, 3.05) is 26.2 Å². The van der Waals surface area contributed by atoms with Crippen molar-refractivity contribution in [3.05, 3.63) is 35.4 Å². The third-order valence-corrected chi connectivity index (χ3v) is 2.96. The predicted octanol–water partition coefficient (Wildman–Crippen LogP) is 2.28. The van der Waals surface area contributed by atoms with E-state index in [-0.39, 0.29) is 26.1 Å². The van der Waals surface area contributed by atoms with Gasteiger partial charge in [-0.2, -0.15) is 13.2 Å². The van der Waals surface area contributed by atoms with Crippen LogP contribution in [0.25, 0.3) is 0 Å². The van der Waals surface area contributed by atoms with Crippen molar-refractivity contribution in [3.8, 4) is 0 Å². The highest BCUT2D eigenvalue weighted by molar-refractivity contribution is 5.23. The first kappa shape index (κ1) is 16.9. The monoisotopic (exact) mass is 291 g/mol. The molecule has 0 bridgehead atoms. The third kappa shape index (κ3) is 6.36. The van der Waals surface area contributed by atoms with Crippen LogP contribution in [0, 0.1) is 6.92 Å². The molecule has 3 nitrogen and oxygen atoms in total. The molecule has 0 aliphatic heterocycles. The van der Waals surface area contributed by atoms with Crippen LogP contribution in [-0.4, -0.2) is 47.5 Å². The van der Waals surface area contributed by atoms with Crippen molar-refractivity contribution in [2.45, 2.75) is 25.6 Å². The lowest BCUT2D eigenvalue weighted by Gasteiger charge is -2.24. The Morgan fingerprint density at radius 2 is 1.95 bits per heavy atom. The number of aliphatic hydroxyl groups is 2. The Balaban J connectivity index is 2.54. The summed E-state index contributed by atoms with van der Waals surface area (Å²) in [5, 5.41) is 18.8.